The maximum absolute atomic E-state index is 10.5. The Morgan fingerprint density at radius 3 is 2.89 bits per heavy atom. The number of aliphatic hydroxyl groups is 1. The van der Waals surface area contributed by atoms with Crippen molar-refractivity contribution in [3.8, 4) is 5.75 Å². The molecule has 1 aromatic carbocycles. The van der Waals surface area contributed by atoms with Gasteiger partial charge in [0, 0.05) is 12.6 Å². The van der Waals surface area contributed by atoms with Crippen molar-refractivity contribution >= 4 is 0 Å². The number of aromatic nitrogens is 1. The van der Waals surface area contributed by atoms with Gasteiger partial charge in [-0.25, -0.2) is 0 Å². The first-order valence-corrected chi connectivity index (χ1v) is 6.52. The molecule has 0 amide bonds. The second-order valence-corrected chi connectivity index (χ2v) is 5.08. The SMILES string of the molecule is Cc1cnc(C(O)c2ccc3c(c2)CCO3)c(C)c1. The number of benzene rings is 1. The van der Waals surface area contributed by atoms with Gasteiger partial charge in [0.2, 0.25) is 0 Å². The van der Waals surface area contributed by atoms with Crippen LogP contribution in [0.4, 0.5) is 0 Å². The molecular weight excluding hydrogens is 238 g/mol. The molecule has 3 heteroatoms. The quantitative estimate of drug-likeness (QED) is 0.897. The lowest BCUT2D eigenvalue weighted by Crippen LogP contribution is -2.05. The largest absolute Gasteiger partial charge is 0.493 e. The predicted octanol–water partition coefficient (Wildman–Crippen LogP) is 2.72. The zero-order valence-electron chi connectivity index (χ0n) is 11.2. The molecule has 19 heavy (non-hydrogen) atoms. The minimum Gasteiger partial charge on any atom is -0.493 e. The monoisotopic (exact) mass is 255 g/mol. The summed E-state index contributed by atoms with van der Waals surface area (Å²) in [6.07, 6.45) is 2.03. The second-order valence-electron chi connectivity index (χ2n) is 5.08. The molecular formula is C16H17NO2. The Hall–Kier alpha value is -1.87. The maximum atomic E-state index is 10.5. The molecule has 98 valence electrons. The van der Waals surface area contributed by atoms with Gasteiger partial charge in [0.1, 0.15) is 11.9 Å². The number of fused-ring (bicyclic) bond motifs is 1. The summed E-state index contributed by atoms with van der Waals surface area (Å²) in [5.74, 6) is 0.935. The molecule has 1 aromatic heterocycles. The summed E-state index contributed by atoms with van der Waals surface area (Å²) in [6, 6.07) is 7.91. The lowest BCUT2D eigenvalue weighted by atomic mass is 9.99. The molecule has 1 unspecified atom stereocenters. The number of rotatable bonds is 2. The molecule has 1 N–H and O–H groups in total. The number of ether oxygens (including phenoxy) is 1. The van der Waals surface area contributed by atoms with Crippen LogP contribution in [0.1, 0.15) is 34.1 Å². The first-order chi connectivity index (χ1) is 9.15. The van der Waals surface area contributed by atoms with E-state index in [0.717, 1.165) is 41.2 Å². The van der Waals surface area contributed by atoms with Gasteiger partial charge < -0.3 is 9.84 Å². The Balaban J connectivity index is 1.97. The molecule has 3 rings (SSSR count). The molecule has 0 bridgehead atoms. The van der Waals surface area contributed by atoms with Crippen molar-refractivity contribution in [2.45, 2.75) is 26.4 Å². The normalized spacial score (nSPS) is 14.9. The zero-order valence-corrected chi connectivity index (χ0v) is 11.2. The van der Waals surface area contributed by atoms with Crippen molar-refractivity contribution in [2.75, 3.05) is 6.61 Å². The molecule has 1 aliphatic heterocycles. The summed E-state index contributed by atoms with van der Waals surface area (Å²) < 4.78 is 5.48. The van der Waals surface area contributed by atoms with Crippen LogP contribution in [0.5, 0.6) is 5.75 Å². The highest BCUT2D eigenvalue weighted by molar-refractivity contribution is 5.42. The minimum atomic E-state index is -0.675. The van der Waals surface area contributed by atoms with Crippen molar-refractivity contribution < 1.29 is 9.84 Å². The van der Waals surface area contributed by atoms with Gasteiger partial charge in [0.15, 0.2) is 0 Å². The molecule has 0 spiro atoms. The van der Waals surface area contributed by atoms with E-state index in [2.05, 4.69) is 4.98 Å². The molecule has 1 aliphatic rings. The molecule has 0 aliphatic carbocycles. The molecule has 0 radical (unpaired) electrons. The lowest BCUT2D eigenvalue weighted by molar-refractivity contribution is 0.214. The van der Waals surface area contributed by atoms with Crippen LogP contribution in [0, 0.1) is 13.8 Å². The van der Waals surface area contributed by atoms with Gasteiger partial charge in [-0.15, -0.1) is 0 Å². The predicted molar refractivity (Wildman–Crippen MR) is 73.4 cm³/mol. The summed E-state index contributed by atoms with van der Waals surface area (Å²) >= 11 is 0. The number of aliphatic hydroxyl groups excluding tert-OH is 1. The third-order valence-electron chi connectivity index (χ3n) is 3.54. The zero-order chi connectivity index (χ0) is 13.4. The van der Waals surface area contributed by atoms with Crippen molar-refractivity contribution in [3.63, 3.8) is 0 Å². The average molecular weight is 255 g/mol. The number of hydrogen-bond donors (Lipinski definition) is 1. The molecule has 0 saturated carbocycles. The van der Waals surface area contributed by atoms with Gasteiger partial charge in [-0.2, -0.15) is 0 Å². The van der Waals surface area contributed by atoms with E-state index in [1.807, 2.05) is 38.1 Å². The first kappa shape index (κ1) is 12.2. The average Bonchev–Trinajstić information content (AvgIpc) is 2.85. The number of aryl methyl sites for hydroxylation is 2. The van der Waals surface area contributed by atoms with Crippen LogP contribution in [-0.4, -0.2) is 16.7 Å². The molecule has 0 fully saturated rings. The fraction of sp³-hybridized carbons (Fsp3) is 0.312. The molecule has 1 atom stereocenters. The summed E-state index contributed by atoms with van der Waals surface area (Å²) in [4.78, 5) is 4.37. The maximum Gasteiger partial charge on any atom is 0.122 e. The van der Waals surface area contributed by atoms with Crippen LogP contribution in [-0.2, 0) is 6.42 Å². The Labute approximate surface area is 112 Å². The van der Waals surface area contributed by atoms with Gasteiger partial charge in [-0.3, -0.25) is 4.98 Å². The van der Waals surface area contributed by atoms with E-state index in [4.69, 9.17) is 4.74 Å². The summed E-state index contributed by atoms with van der Waals surface area (Å²) in [7, 11) is 0. The van der Waals surface area contributed by atoms with E-state index < -0.39 is 6.10 Å². The van der Waals surface area contributed by atoms with Crippen LogP contribution >= 0.6 is 0 Å². The fourth-order valence-electron chi connectivity index (χ4n) is 2.55. The Kier molecular flexibility index (Phi) is 2.99. The Morgan fingerprint density at radius 2 is 2.11 bits per heavy atom. The first-order valence-electron chi connectivity index (χ1n) is 6.52. The summed E-state index contributed by atoms with van der Waals surface area (Å²) in [5, 5.41) is 10.5. The lowest BCUT2D eigenvalue weighted by Gasteiger charge is -2.14. The van der Waals surface area contributed by atoms with E-state index in [9.17, 15) is 5.11 Å². The molecule has 2 heterocycles. The number of nitrogens with zero attached hydrogens (tertiary/aromatic N) is 1. The van der Waals surface area contributed by atoms with Gasteiger partial charge >= 0.3 is 0 Å². The van der Waals surface area contributed by atoms with Crippen LogP contribution in [0.25, 0.3) is 0 Å². The van der Waals surface area contributed by atoms with Crippen molar-refractivity contribution in [1.29, 1.82) is 0 Å². The third-order valence-corrected chi connectivity index (χ3v) is 3.54. The Bertz CT molecular complexity index is 622. The topological polar surface area (TPSA) is 42.4 Å². The van der Waals surface area contributed by atoms with Crippen LogP contribution < -0.4 is 4.74 Å². The van der Waals surface area contributed by atoms with Crippen molar-refractivity contribution in [1.82, 2.24) is 4.98 Å². The number of hydrogen-bond acceptors (Lipinski definition) is 3. The van der Waals surface area contributed by atoms with Crippen LogP contribution in [0.3, 0.4) is 0 Å². The van der Waals surface area contributed by atoms with Crippen molar-refractivity contribution in [2.24, 2.45) is 0 Å². The molecule has 0 saturated heterocycles. The van der Waals surface area contributed by atoms with E-state index >= 15 is 0 Å². The summed E-state index contributed by atoms with van der Waals surface area (Å²) in [6.45, 7) is 4.72. The summed E-state index contributed by atoms with van der Waals surface area (Å²) in [5.41, 5.74) is 4.90. The van der Waals surface area contributed by atoms with E-state index in [1.54, 1.807) is 6.20 Å². The molecule has 3 nitrogen and oxygen atoms in total. The van der Waals surface area contributed by atoms with Gasteiger partial charge in [-0.1, -0.05) is 12.1 Å². The smallest absolute Gasteiger partial charge is 0.122 e. The van der Waals surface area contributed by atoms with Gasteiger partial charge in [0.25, 0.3) is 0 Å². The van der Waals surface area contributed by atoms with Gasteiger partial charge in [0.05, 0.1) is 12.3 Å². The molecule has 2 aromatic rings. The van der Waals surface area contributed by atoms with Gasteiger partial charge in [-0.05, 0) is 48.2 Å². The van der Waals surface area contributed by atoms with E-state index in [1.165, 1.54) is 5.56 Å². The van der Waals surface area contributed by atoms with E-state index in [-0.39, 0.29) is 0 Å². The highest BCUT2D eigenvalue weighted by Crippen LogP contribution is 2.30. The second kappa shape index (κ2) is 4.67. The van der Waals surface area contributed by atoms with Crippen molar-refractivity contribution in [3.05, 3.63) is 58.4 Å². The number of pyridine rings is 1. The highest BCUT2D eigenvalue weighted by atomic mass is 16.5. The third kappa shape index (κ3) is 2.22. The standard InChI is InChI=1S/C16H17NO2/c1-10-7-11(2)15(17-9-10)16(18)13-3-4-14-12(8-13)5-6-19-14/h3-4,7-9,16,18H,5-6H2,1-2H3. The van der Waals surface area contributed by atoms with Crippen LogP contribution in [0.15, 0.2) is 30.5 Å². The highest BCUT2D eigenvalue weighted by Gasteiger charge is 2.18. The fourth-order valence-corrected chi connectivity index (χ4v) is 2.55. The minimum absolute atomic E-state index is 0.675. The Morgan fingerprint density at radius 1 is 1.26 bits per heavy atom. The van der Waals surface area contributed by atoms with Crippen LogP contribution in [0.2, 0.25) is 0 Å². The van der Waals surface area contributed by atoms with E-state index in [0.29, 0.717) is 0 Å².